The van der Waals surface area contributed by atoms with E-state index in [1.54, 1.807) is 16.9 Å². The predicted octanol–water partition coefficient (Wildman–Crippen LogP) is 1.91. The first-order valence-electron chi connectivity index (χ1n) is 6.41. The Balaban J connectivity index is 1.97. The molecule has 4 N–H and O–H groups in total. The number of benzene rings is 1. The first-order chi connectivity index (χ1) is 10.2. The number of anilines is 3. The van der Waals surface area contributed by atoms with E-state index in [1.807, 2.05) is 43.6 Å². The summed E-state index contributed by atoms with van der Waals surface area (Å²) in [5, 5.41) is 7.29. The number of hydrogen-bond acceptors (Lipinski definition) is 6. The molecule has 3 rings (SSSR count). The highest BCUT2D eigenvalue weighted by Gasteiger charge is 2.07. The van der Waals surface area contributed by atoms with Crippen molar-refractivity contribution in [2.24, 2.45) is 12.9 Å². The fourth-order valence-corrected chi connectivity index (χ4v) is 1.94. The Morgan fingerprint density at radius 3 is 2.52 bits per heavy atom. The average molecular weight is 281 g/mol. The van der Waals surface area contributed by atoms with E-state index in [1.165, 1.54) is 0 Å². The first kappa shape index (κ1) is 13.1. The molecule has 0 amide bonds. The van der Waals surface area contributed by atoms with Crippen LogP contribution in [0, 0.1) is 0 Å². The largest absolute Gasteiger partial charge is 0.337 e. The van der Waals surface area contributed by atoms with Gasteiger partial charge in [0.1, 0.15) is 11.6 Å². The topological polar surface area (TPSA) is 93.7 Å². The second-order valence-corrected chi connectivity index (χ2v) is 4.50. The summed E-state index contributed by atoms with van der Waals surface area (Å²) < 4.78 is 1.71. The Labute approximate surface area is 121 Å². The molecule has 2 aromatic heterocycles. The van der Waals surface area contributed by atoms with Gasteiger partial charge in [-0.1, -0.05) is 30.3 Å². The maximum Gasteiger partial charge on any atom is 0.163 e. The third kappa shape index (κ3) is 2.98. The zero-order valence-electron chi connectivity index (χ0n) is 11.5. The van der Waals surface area contributed by atoms with Crippen LogP contribution in [0.1, 0.15) is 0 Å². The van der Waals surface area contributed by atoms with Crippen molar-refractivity contribution in [2.45, 2.75) is 0 Å². The molecule has 0 unspecified atom stereocenters. The van der Waals surface area contributed by atoms with Crippen molar-refractivity contribution in [3.63, 3.8) is 0 Å². The molecular weight excluding hydrogens is 266 g/mol. The van der Waals surface area contributed by atoms with Crippen molar-refractivity contribution >= 4 is 17.3 Å². The molecule has 0 fully saturated rings. The molecule has 106 valence electrons. The van der Waals surface area contributed by atoms with Gasteiger partial charge in [0.2, 0.25) is 0 Å². The summed E-state index contributed by atoms with van der Waals surface area (Å²) in [6.45, 7) is 0. The second-order valence-electron chi connectivity index (χ2n) is 4.50. The lowest BCUT2D eigenvalue weighted by molar-refractivity contribution is 0.768. The Morgan fingerprint density at radius 2 is 1.86 bits per heavy atom. The van der Waals surface area contributed by atoms with Crippen LogP contribution in [0.4, 0.5) is 17.3 Å². The second kappa shape index (κ2) is 5.59. The smallest absolute Gasteiger partial charge is 0.163 e. The van der Waals surface area contributed by atoms with Crippen molar-refractivity contribution in [1.29, 1.82) is 0 Å². The van der Waals surface area contributed by atoms with Crippen LogP contribution in [-0.4, -0.2) is 19.7 Å². The predicted molar refractivity (Wildman–Crippen MR) is 81.8 cm³/mol. The van der Waals surface area contributed by atoms with E-state index in [0.717, 1.165) is 11.3 Å². The van der Waals surface area contributed by atoms with Gasteiger partial charge in [-0.05, 0) is 0 Å². The van der Waals surface area contributed by atoms with Gasteiger partial charge in [0.25, 0.3) is 0 Å². The summed E-state index contributed by atoms with van der Waals surface area (Å²) in [5.74, 6) is 7.25. The minimum atomic E-state index is 0.537. The van der Waals surface area contributed by atoms with E-state index in [9.17, 15) is 0 Å². The van der Waals surface area contributed by atoms with Crippen molar-refractivity contribution < 1.29 is 0 Å². The summed E-state index contributed by atoms with van der Waals surface area (Å²) in [6.07, 6.45) is 3.58. The minimum Gasteiger partial charge on any atom is -0.337 e. The molecule has 0 bridgehead atoms. The molecule has 0 saturated heterocycles. The minimum absolute atomic E-state index is 0.537. The fraction of sp³-hybridized carbons (Fsp3) is 0.0714. The lowest BCUT2D eigenvalue weighted by Crippen LogP contribution is -2.10. The average Bonchev–Trinajstić information content (AvgIpc) is 2.93. The molecular formula is C14H15N7. The Bertz CT molecular complexity index is 736. The van der Waals surface area contributed by atoms with E-state index >= 15 is 0 Å². The maximum absolute atomic E-state index is 5.48. The van der Waals surface area contributed by atoms with E-state index in [2.05, 4.69) is 25.8 Å². The van der Waals surface area contributed by atoms with Crippen LogP contribution < -0.4 is 16.6 Å². The number of nitrogens with zero attached hydrogens (tertiary/aromatic N) is 4. The zero-order valence-corrected chi connectivity index (χ0v) is 11.5. The van der Waals surface area contributed by atoms with Gasteiger partial charge in [0, 0.05) is 24.9 Å². The number of hydrazine groups is 1. The number of nitrogens with one attached hydrogen (secondary N) is 2. The van der Waals surface area contributed by atoms with Crippen LogP contribution in [0.25, 0.3) is 11.4 Å². The van der Waals surface area contributed by atoms with Crippen molar-refractivity contribution in [3.05, 3.63) is 48.8 Å². The Morgan fingerprint density at radius 1 is 1.10 bits per heavy atom. The molecule has 0 saturated carbocycles. The van der Waals surface area contributed by atoms with Gasteiger partial charge in [-0.15, -0.1) is 0 Å². The highest BCUT2D eigenvalue weighted by molar-refractivity contribution is 5.64. The van der Waals surface area contributed by atoms with E-state index in [4.69, 9.17) is 5.84 Å². The number of nitrogens with two attached hydrogens (primary N) is 1. The molecule has 0 aliphatic rings. The van der Waals surface area contributed by atoms with Gasteiger partial charge in [0.15, 0.2) is 5.82 Å². The molecule has 0 spiro atoms. The number of aryl methyl sites for hydroxylation is 1. The van der Waals surface area contributed by atoms with Gasteiger partial charge in [-0.3, -0.25) is 4.68 Å². The normalized spacial score (nSPS) is 10.4. The van der Waals surface area contributed by atoms with Crippen LogP contribution in [0.2, 0.25) is 0 Å². The van der Waals surface area contributed by atoms with Crippen LogP contribution in [-0.2, 0) is 7.05 Å². The van der Waals surface area contributed by atoms with Crippen LogP contribution in [0.15, 0.2) is 48.8 Å². The third-order valence-corrected chi connectivity index (χ3v) is 2.88. The molecule has 0 atom stereocenters. The zero-order chi connectivity index (χ0) is 14.7. The van der Waals surface area contributed by atoms with Gasteiger partial charge >= 0.3 is 0 Å². The van der Waals surface area contributed by atoms with Gasteiger partial charge in [-0.25, -0.2) is 15.8 Å². The van der Waals surface area contributed by atoms with Crippen molar-refractivity contribution in [3.8, 4) is 11.4 Å². The molecule has 1 aromatic carbocycles. The van der Waals surface area contributed by atoms with Crippen molar-refractivity contribution in [1.82, 2.24) is 19.7 Å². The lowest BCUT2D eigenvalue weighted by atomic mass is 10.2. The van der Waals surface area contributed by atoms with Crippen LogP contribution >= 0.6 is 0 Å². The summed E-state index contributed by atoms with van der Waals surface area (Å²) >= 11 is 0. The number of aromatic nitrogens is 4. The van der Waals surface area contributed by atoms with Gasteiger partial charge < -0.3 is 10.7 Å². The standard InChI is InChI=1S/C14H15N7/c1-21-9-11(8-16-21)17-12-7-13(20-15)19-14(18-12)10-5-3-2-4-6-10/h2-9H,15H2,1H3,(H2,17,18,19,20). The summed E-state index contributed by atoms with van der Waals surface area (Å²) in [4.78, 5) is 8.86. The van der Waals surface area contributed by atoms with Crippen molar-refractivity contribution in [2.75, 3.05) is 10.7 Å². The molecule has 0 aliphatic heterocycles. The SMILES string of the molecule is Cn1cc(Nc2cc(NN)nc(-c3ccccc3)n2)cn1. The van der Waals surface area contributed by atoms with E-state index in [0.29, 0.717) is 17.5 Å². The van der Waals surface area contributed by atoms with E-state index in [-0.39, 0.29) is 0 Å². The van der Waals surface area contributed by atoms with E-state index < -0.39 is 0 Å². The fourth-order valence-electron chi connectivity index (χ4n) is 1.94. The van der Waals surface area contributed by atoms with Crippen LogP contribution in [0.3, 0.4) is 0 Å². The quantitative estimate of drug-likeness (QED) is 0.499. The third-order valence-electron chi connectivity index (χ3n) is 2.88. The molecule has 3 aromatic rings. The van der Waals surface area contributed by atoms with Crippen LogP contribution in [0.5, 0.6) is 0 Å². The molecule has 21 heavy (non-hydrogen) atoms. The van der Waals surface area contributed by atoms with Gasteiger partial charge in [-0.2, -0.15) is 5.10 Å². The summed E-state index contributed by atoms with van der Waals surface area (Å²) in [5.41, 5.74) is 4.32. The molecule has 2 heterocycles. The summed E-state index contributed by atoms with van der Waals surface area (Å²) in [6, 6.07) is 11.5. The summed E-state index contributed by atoms with van der Waals surface area (Å²) in [7, 11) is 1.85. The Hall–Kier alpha value is -2.93. The molecule has 7 nitrogen and oxygen atoms in total. The molecule has 7 heteroatoms. The number of nitrogen functional groups attached to an aromatic ring is 1. The molecule has 0 aliphatic carbocycles. The Kier molecular flexibility index (Phi) is 3.48. The molecule has 0 radical (unpaired) electrons. The number of hydrogen-bond donors (Lipinski definition) is 3. The monoisotopic (exact) mass is 281 g/mol. The lowest BCUT2D eigenvalue weighted by Gasteiger charge is -2.08. The maximum atomic E-state index is 5.48. The highest BCUT2D eigenvalue weighted by atomic mass is 15.3. The first-order valence-corrected chi connectivity index (χ1v) is 6.41. The highest BCUT2D eigenvalue weighted by Crippen LogP contribution is 2.21. The van der Waals surface area contributed by atoms with Gasteiger partial charge in [0.05, 0.1) is 11.9 Å². The number of rotatable bonds is 4.